The van der Waals surface area contributed by atoms with Crippen molar-refractivity contribution in [2.24, 2.45) is 0 Å². The summed E-state index contributed by atoms with van der Waals surface area (Å²) in [7, 11) is 0. The summed E-state index contributed by atoms with van der Waals surface area (Å²) in [6.45, 7) is 6.39. The minimum atomic E-state index is -0.785. The zero-order valence-electron chi connectivity index (χ0n) is 52.0. The van der Waals surface area contributed by atoms with E-state index in [1.165, 1.54) is 122 Å². The Labute approximate surface area is 494 Å². The van der Waals surface area contributed by atoms with Gasteiger partial charge >= 0.3 is 17.9 Å². The number of allylic oxidation sites excluding steroid dienone is 22. The Kier molecular flexibility index (Phi) is 63.3. The highest BCUT2D eigenvalue weighted by molar-refractivity contribution is 5.71. The molecule has 0 fully saturated rings. The van der Waals surface area contributed by atoms with Crippen molar-refractivity contribution in [3.05, 3.63) is 134 Å². The van der Waals surface area contributed by atoms with E-state index in [0.29, 0.717) is 19.3 Å². The molecule has 454 valence electrons. The smallest absolute Gasteiger partial charge is 0.306 e. The van der Waals surface area contributed by atoms with E-state index in [-0.39, 0.29) is 31.1 Å². The molecule has 0 amide bonds. The third kappa shape index (κ3) is 64.4. The van der Waals surface area contributed by atoms with Gasteiger partial charge in [-0.15, -0.1) is 0 Å². The second kappa shape index (κ2) is 67.1. The topological polar surface area (TPSA) is 78.9 Å². The lowest BCUT2D eigenvalue weighted by molar-refractivity contribution is -0.167. The van der Waals surface area contributed by atoms with Crippen LogP contribution in [0.5, 0.6) is 0 Å². The van der Waals surface area contributed by atoms with Crippen LogP contribution in [0.2, 0.25) is 0 Å². The summed E-state index contributed by atoms with van der Waals surface area (Å²) in [5.74, 6) is -0.893. The van der Waals surface area contributed by atoms with Crippen LogP contribution in [0.3, 0.4) is 0 Å². The highest BCUT2D eigenvalue weighted by atomic mass is 16.6. The second-order valence-corrected chi connectivity index (χ2v) is 21.6. The summed E-state index contributed by atoms with van der Waals surface area (Å²) in [5.41, 5.74) is 0. The molecule has 6 heteroatoms. The van der Waals surface area contributed by atoms with Crippen molar-refractivity contribution in [2.75, 3.05) is 13.2 Å². The van der Waals surface area contributed by atoms with Crippen LogP contribution in [0.4, 0.5) is 0 Å². The first-order valence-electron chi connectivity index (χ1n) is 33.2. The summed E-state index contributed by atoms with van der Waals surface area (Å²) in [5, 5.41) is 0. The van der Waals surface area contributed by atoms with Crippen molar-refractivity contribution < 1.29 is 28.6 Å². The molecule has 0 spiro atoms. The lowest BCUT2D eigenvalue weighted by Crippen LogP contribution is -2.30. The molecule has 80 heavy (non-hydrogen) atoms. The summed E-state index contributed by atoms with van der Waals surface area (Å²) < 4.78 is 16.9. The normalized spacial score (nSPS) is 13.0. The van der Waals surface area contributed by atoms with E-state index in [9.17, 15) is 14.4 Å². The fraction of sp³-hybridized carbons (Fsp3) is 0.662. The van der Waals surface area contributed by atoms with Crippen molar-refractivity contribution in [2.45, 2.75) is 303 Å². The Morgan fingerprint density at radius 2 is 0.487 bits per heavy atom. The molecule has 0 rings (SSSR count). The summed E-state index contributed by atoms with van der Waals surface area (Å²) in [6.07, 6.45) is 94.8. The zero-order chi connectivity index (χ0) is 57.8. The SMILES string of the molecule is CC/C=C\C/C=C\C/C=C\C/C=C\C/C=C\C/C=C\C/C=C\CCCCCCCCCCCC(=O)OCC(COC(=O)CCCCCCCCCC)OC(=O)CCCCCCCCCCCC/C=C\C/C=C\C/C=C\C/C=C\CC. The van der Waals surface area contributed by atoms with Crippen molar-refractivity contribution in [1.82, 2.24) is 0 Å². The lowest BCUT2D eigenvalue weighted by Gasteiger charge is -2.18. The van der Waals surface area contributed by atoms with Gasteiger partial charge in [-0.25, -0.2) is 0 Å². The molecule has 0 aliphatic rings. The van der Waals surface area contributed by atoms with Crippen LogP contribution in [0.15, 0.2) is 134 Å². The predicted molar refractivity (Wildman–Crippen MR) is 348 cm³/mol. The van der Waals surface area contributed by atoms with Crippen LogP contribution < -0.4 is 0 Å². The zero-order valence-corrected chi connectivity index (χ0v) is 52.0. The van der Waals surface area contributed by atoms with E-state index < -0.39 is 6.10 Å². The molecule has 0 aliphatic carbocycles. The molecule has 0 heterocycles. The quantitative estimate of drug-likeness (QED) is 0.0261. The average molecular weight is 1110 g/mol. The van der Waals surface area contributed by atoms with Crippen LogP contribution in [-0.2, 0) is 28.6 Å². The first-order chi connectivity index (χ1) is 39.5. The number of rotatable bonds is 59. The van der Waals surface area contributed by atoms with Crippen molar-refractivity contribution >= 4 is 17.9 Å². The van der Waals surface area contributed by atoms with E-state index in [1.54, 1.807) is 0 Å². The molecular formula is C74H122O6. The number of carbonyl (C=O) groups is 3. The van der Waals surface area contributed by atoms with Crippen LogP contribution >= 0.6 is 0 Å². The standard InChI is InChI=1S/C74H122O6/c1-4-7-10-13-16-19-21-23-25-27-29-31-33-34-35-36-37-38-39-40-42-43-45-47-49-51-53-55-58-61-64-67-73(76)79-70-71(69-78-72(75)66-63-60-57-18-15-12-9-6-3)80-74(77)68-65-62-59-56-54-52-50-48-46-44-41-32-30-28-26-24-22-20-17-14-11-8-5-2/h7-8,10-11,16-17,19-20,23-26,29-32,34-35,37-38,40,42,71H,4-6,9,12-15,18,21-22,27-28,33,36,39,41,43-70H2,1-3H3/b10-7-,11-8-,19-16-,20-17-,25-23-,26-24-,31-29-,32-30-,35-34-,38-37-,42-40-. The third-order valence-corrected chi connectivity index (χ3v) is 13.9. The van der Waals surface area contributed by atoms with Gasteiger partial charge in [-0.1, -0.05) is 296 Å². The molecular weight excluding hydrogens is 985 g/mol. The number of esters is 3. The molecule has 0 saturated heterocycles. The predicted octanol–water partition coefficient (Wildman–Crippen LogP) is 22.9. The highest BCUT2D eigenvalue weighted by Gasteiger charge is 2.19. The highest BCUT2D eigenvalue weighted by Crippen LogP contribution is 2.16. The number of hydrogen-bond donors (Lipinski definition) is 0. The largest absolute Gasteiger partial charge is 0.462 e. The maximum Gasteiger partial charge on any atom is 0.306 e. The van der Waals surface area contributed by atoms with Gasteiger partial charge < -0.3 is 14.2 Å². The van der Waals surface area contributed by atoms with Gasteiger partial charge in [-0.05, 0) is 116 Å². The molecule has 1 unspecified atom stereocenters. The van der Waals surface area contributed by atoms with Gasteiger partial charge in [0, 0.05) is 19.3 Å². The molecule has 6 nitrogen and oxygen atoms in total. The fourth-order valence-electron chi connectivity index (χ4n) is 9.00. The van der Waals surface area contributed by atoms with E-state index in [1.807, 2.05) is 0 Å². The number of unbranched alkanes of at least 4 members (excludes halogenated alkanes) is 26. The second-order valence-electron chi connectivity index (χ2n) is 21.6. The third-order valence-electron chi connectivity index (χ3n) is 13.9. The van der Waals surface area contributed by atoms with E-state index in [0.717, 1.165) is 135 Å². The first-order valence-corrected chi connectivity index (χ1v) is 33.2. The van der Waals surface area contributed by atoms with E-state index in [4.69, 9.17) is 14.2 Å². The molecule has 0 N–H and O–H groups in total. The maximum atomic E-state index is 12.9. The molecule has 1 atom stereocenters. The van der Waals surface area contributed by atoms with Crippen LogP contribution in [-0.4, -0.2) is 37.2 Å². The Hall–Kier alpha value is -4.45. The van der Waals surface area contributed by atoms with Gasteiger partial charge in [-0.3, -0.25) is 14.4 Å². The Morgan fingerprint density at radius 3 is 0.762 bits per heavy atom. The molecule has 0 aromatic heterocycles. The van der Waals surface area contributed by atoms with Crippen molar-refractivity contribution in [3.8, 4) is 0 Å². The van der Waals surface area contributed by atoms with E-state index in [2.05, 4.69) is 154 Å². The van der Waals surface area contributed by atoms with Crippen LogP contribution in [0.25, 0.3) is 0 Å². The summed E-state index contributed by atoms with van der Waals surface area (Å²) in [6, 6.07) is 0. The monoisotopic (exact) mass is 1110 g/mol. The lowest BCUT2D eigenvalue weighted by atomic mass is 10.0. The minimum Gasteiger partial charge on any atom is -0.462 e. The fourth-order valence-corrected chi connectivity index (χ4v) is 9.00. The number of carbonyl (C=O) groups excluding carboxylic acids is 3. The van der Waals surface area contributed by atoms with Crippen LogP contribution in [0.1, 0.15) is 297 Å². The summed E-state index contributed by atoms with van der Waals surface area (Å²) in [4.78, 5) is 38.2. The Balaban J connectivity index is 4.19. The number of hydrogen-bond acceptors (Lipinski definition) is 6. The number of ether oxygens (including phenoxy) is 3. The molecule has 0 aromatic carbocycles. The molecule has 0 aliphatic heterocycles. The van der Waals surface area contributed by atoms with E-state index >= 15 is 0 Å². The Bertz CT molecular complexity index is 1700. The van der Waals surface area contributed by atoms with Gasteiger partial charge in [0.15, 0.2) is 6.10 Å². The summed E-state index contributed by atoms with van der Waals surface area (Å²) >= 11 is 0. The molecule has 0 saturated carbocycles. The van der Waals surface area contributed by atoms with Gasteiger partial charge in [0.2, 0.25) is 0 Å². The molecule has 0 aromatic rings. The van der Waals surface area contributed by atoms with Gasteiger partial charge in [0.1, 0.15) is 13.2 Å². The molecule has 0 bridgehead atoms. The molecule has 0 radical (unpaired) electrons. The van der Waals surface area contributed by atoms with Gasteiger partial charge in [0.25, 0.3) is 0 Å². The van der Waals surface area contributed by atoms with Gasteiger partial charge in [0.05, 0.1) is 0 Å². The maximum absolute atomic E-state index is 12.9. The first kappa shape index (κ1) is 75.5. The average Bonchev–Trinajstić information content (AvgIpc) is 3.46. The van der Waals surface area contributed by atoms with Crippen LogP contribution in [0, 0.1) is 0 Å². The van der Waals surface area contributed by atoms with Crippen molar-refractivity contribution in [1.29, 1.82) is 0 Å². The van der Waals surface area contributed by atoms with Gasteiger partial charge in [-0.2, -0.15) is 0 Å². The minimum absolute atomic E-state index is 0.0823. The Morgan fingerprint density at radius 1 is 0.263 bits per heavy atom. The van der Waals surface area contributed by atoms with Crippen molar-refractivity contribution in [3.63, 3.8) is 0 Å².